The lowest BCUT2D eigenvalue weighted by Gasteiger charge is -2.32. The van der Waals surface area contributed by atoms with Crippen molar-refractivity contribution in [1.82, 2.24) is 0 Å². The molecule has 0 amide bonds. The Hall–Kier alpha value is -2.76. The Bertz CT molecular complexity index is 1410. The first-order valence-electron chi connectivity index (χ1n) is 9.96. The zero-order valence-corrected chi connectivity index (χ0v) is 16.9. The Labute approximate surface area is 168 Å². The molecule has 5 aromatic rings. The van der Waals surface area contributed by atoms with Gasteiger partial charge in [0.2, 0.25) is 0 Å². The Morgan fingerprint density at radius 3 is 1.86 bits per heavy atom. The van der Waals surface area contributed by atoms with Crippen molar-refractivity contribution in [3.05, 3.63) is 54.6 Å². The molecule has 2 aromatic heterocycles. The molecule has 0 saturated carbocycles. The van der Waals surface area contributed by atoms with Crippen molar-refractivity contribution < 1.29 is 18.1 Å². The summed E-state index contributed by atoms with van der Waals surface area (Å²) in [6.07, 6.45) is 0. The molecule has 1 fully saturated rings. The van der Waals surface area contributed by atoms with E-state index in [1.807, 2.05) is 42.5 Å². The van der Waals surface area contributed by atoms with Crippen molar-refractivity contribution >= 4 is 56.5 Å². The zero-order valence-electron chi connectivity index (χ0n) is 16.9. The maximum absolute atomic E-state index is 6.26. The molecule has 0 N–H and O–H groups in total. The van der Waals surface area contributed by atoms with Gasteiger partial charge in [0.25, 0.3) is 0 Å². The summed E-state index contributed by atoms with van der Waals surface area (Å²) in [6.45, 7) is 8.28. The Kier molecular flexibility index (Phi) is 3.21. The second kappa shape index (κ2) is 5.44. The van der Waals surface area contributed by atoms with Crippen LogP contribution in [0.5, 0.6) is 0 Å². The van der Waals surface area contributed by atoms with Gasteiger partial charge in [0.05, 0.1) is 11.2 Å². The van der Waals surface area contributed by atoms with E-state index < -0.39 is 7.12 Å². The molecule has 1 aliphatic heterocycles. The molecule has 0 unspecified atom stereocenters. The maximum atomic E-state index is 6.26. The van der Waals surface area contributed by atoms with Crippen molar-refractivity contribution in [2.75, 3.05) is 0 Å². The average Bonchev–Trinajstić information content (AvgIpc) is 3.29. The van der Waals surface area contributed by atoms with E-state index in [9.17, 15) is 0 Å². The van der Waals surface area contributed by atoms with E-state index in [2.05, 4.69) is 39.8 Å². The smallest absolute Gasteiger partial charge is 0.456 e. The Balaban J connectivity index is 1.63. The maximum Gasteiger partial charge on any atom is 0.494 e. The summed E-state index contributed by atoms with van der Waals surface area (Å²) in [4.78, 5) is 0. The van der Waals surface area contributed by atoms with E-state index >= 15 is 0 Å². The molecule has 4 nitrogen and oxygen atoms in total. The summed E-state index contributed by atoms with van der Waals surface area (Å²) < 4.78 is 24.7. The van der Waals surface area contributed by atoms with Gasteiger partial charge < -0.3 is 18.1 Å². The first kappa shape index (κ1) is 17.1. The summed E-state index contributed by atoms with van der Waals surface area (Å²) in [5.41, 5.74) is 3.68. The average molecular weight is 384 g/mol. The van der Waals surface area contributed by atoms with Crippen molar-refractivity contribution in [1.29, 1.82) is 0 Å². The molecule has 144 valence electrons. The summed E-state index contributed by atoms with van der Waals surface area (Å²) in [5, 5.41) is 4.30. The van der Waals surface area contributed by atoms with Crippen LogP contribution in [-0.2, 0) is 9.31 Å². The van der Waals surface area contributed by atoms with E-state index in [4.69, 9.17) is 18.1 Å². The number of furan rings is 2. The van der Waals surface area contributed by atoms with Crippen LogP contribution in [0.3, 0.4) is 0 Å². The number of hydrogen-bond acceptors (Lipinski definition) is 4. The normalized spacial score (nSPS) is 18.6. The van der Waals surface area contributed by atoms with Crippen LogP contribution < -0.4 is 5.46 Å². The Morgan fingerprint density at radius 1 is 0.621 bits per heavy atom. The highest BCUT2D eigenvalue weighted by Crippen LogP contribution is 2.40. The molecule has 3 aromatic carbocycles. The standard InChI is InChI=1S/C24H21BO4/c1-23(2)24(3,4)29-25(28-23)14-9-10-18-16(13-14)22-20(27-18)12-11-19-21(22)15-7-5-6-8-17(15)26-19/h5-13H,1-4H3. The zero-order chi connectivity index (χ0) is 20.0. The van der Waals surface area contributed by atoms with E-state index in [-0.39, 0.29) is 11.2 Å². The number of para-hydroxylation sites is 1. The van der Waals surface area contributed by atoms with Crippen molar-refractivity contribution in [2.45, 2.75) is 38.9 Å². The second-order valence-electron chi connectivity index (χ2n) is 8.86. The molecular formula is C24H21BO4. The highest BCUT2D eigenvalue weighted by molar-refractivity contribution is 6.62. The molecule has 0 atom stereocenters. The van der Waals surface area contributed by atoms with E-state index in [1.165, 1.54) is 0 Å². The van der Waals surface area contributed by atoms with Crippen LogP contribution in [0.1, 0.15) is 27.7 Å². The lowest BCUT2D eigenvalue weighted by Crippen LogP contribution is -2.41. The fourth-order valence-electron chi connectivity index (χ4n) is 4.23. The van der Waals surface area contributed by atoms with Gasteiger partial charge >= 0.3 is 7.12 Å². The van der Waals surface area contributed by atoms with E-state index in [0.717, 1.165) is 49.3 Å². The minimum absolute atomic E-state index is 0.376. The quantitative estimate of drug-likeness (QED) is 0.344. The van der Waals surface area contributed by atoms with Crippen LogP contribution in [0.15, 0.2) is 63.4 Å². The highest BCUT2D eigenvalue weighted by atomic mass is 16.7. The van der Waals surface area contributed by atoms with Gasteiger partial charge in [-0.2, -0.15) is 0 Å². The van der Waals surface area contributed by atoms with Gasteiger partial charge in [-0.3, -0.25) is 0 Å². The molecule has 3 heterocycles. The molecule has 29 heavy (non-hydrogen) atoms. The summed E-state index contributed by atoms with van der Waals surface area (Å²) in [5.74, 6) is 0. The third-order valence-corrected chi connectivity index (χ3v) is 6.52. The van der Waals surface area contributed by atoms with Crippen molar-refractivity contribution in [3.63, 3.8) is 0 Å². The van der Waals surface area contributed by atoms with E-state index in [0.29, 0.717) is 0 Å². The number of fused-ring (bicyclic) bond motifs is 7. The van der Waals surface area contributed by atoms with Gasteiger partial charge in [-0.05, 0) is 57.4 Å². The first-order chi connectivity index (χ1) is 13.8. The van der Waals surface area contributed by atoms with Gasteiger partial charge in [-0.1, -0.05) is 30.3 Å². The third-order valence-electron chi connectivity index (χ3n) is 6.52. The second-order valence-corrected chi connectivity index (χ2v) is 8.86. The van der Waals surface area contributed by atoms with Crippen LogP contribution in [0.25, 0.3) is 43.9 Å². The van der Waals surface area contributed by atoms with Crippen LogP contribution in [0, 0.1) is 0 Å². The van der Waals surface area contributed by atoms with Gasteiger partial charge in [0.1, 0.15) is 22.3 Å². The fraction of sp³-hybridized carbons (Fsp3) is 0.250. The minimum atomic E-state index is -0.408. The lowest BCUT2D eigenvalue weighted by atomic mass is 9.78. The van der Waals surface area contributed by atoms with Crippen molar-refractivity contribution in [2.24, 2.45) is 0 Å². The molecule has 1 aliphatic rings. The minimum Gasteiger partial charge on any atom is -0.456 e. The monoisotopic (exact) mass is 384 g/mol. The van der Waals surface area contributed by atoms with Crippen molar-refractivity contribution in [3.8, 4) is 0 Å². The SMILES string of the molecule is CC1(C)OB(c2ccc3oc4ccc5oc6ccccc6c5c4c3c2)OC1(C)C. The predicted molar refractivity (Wildman–Crippen MR) is 117 cm³/mol. The number of hydrogen-bond donors (Lipinski definition) is 0. The summed E-state index contributed by atoms with van der Waals surface area (Å²) >= 11 is 0. The van der Waals surface area contributed by atoms with Crippen LogP contribution >= 0.6 is 0 Å². The predicted octanol–water partition coefficient (Wildman–Crippen LogP) is 5.78. The van der Waals surface area contributed by atoms with E-state index in [1.54, 1.807) is 0 Å². The topological polar surface area (TPSA) is 44.7 Å². The number of rotatable bonds is 1. The fourth-order valence-corrected chi connectivity index (χ4v) is 4.23. The van der Waals surface area contributed by atoms with Gasteiger partial charge in [0, 0.05) is 21.5 Å². The van der Waals surface area contributed by atoms with Gasteiger partial charge in [-0.15, -0.1) is 0 Å². The molecule has 1 saturated heterocycles. The summed E-state index contributed by atoms with van der Waals surface area (Å²) in [7, 11) is -0.408. The highest BCUT2D eigenvalue weighted by Gasteiger charge is 2.51. The molecular weight excluding hydrogens is 363 g/mol. The van der Waals surface area contributed by atoms with Gasteiger partial charge in [0.15, 0.2) is 0 Å². The molecule has 5 heteroatoms. The van der Waals surface area contributed by atoms with Crippen LogP contribution in [-0.4, -0.2) is 18.3 Å². The molecule has 0 aliphatic carbocycles. The molecule has 0 bridgehead atoms. The molecule has 0 spiro atoms. The molecule has 6 rings (SSSR count). The number of benzene rings is 3. The summed E-state index contributed by atoms with van der Waals surface area (Å²) in [6, 6.07) is 18.2. The largest absolute Gasteiger partial charge is 0.494 e. The van der Waals surface area contributed by atoms with Crippen LogP contribution in [0.4, 0.5) is 0 Å². The molecule has 0 radical (unpaired) electrons. The first-order valence-corrected chi connectivity index (χ1v) is 9.96. The lowest BCUT2D eigenvalue weighted by molar-refractivity contribution is 0.00578. The third kappa shape index (κ3) is 2.29. The van der Waals surface area contributed by atoms with Crippen LogP contribution in [0.2, 0.25) is 0 Å². The van der Waals surface area contributed by atoms with Gasteiger partial charge in [-0.25, -0.2) is 0 Å². The Morgan fingerprint density at radius 2 is 1.17 bits per heavy atom.